The number of aryl methyl sites for hydroxylation is 1. The number of unbranched alkanes of at least 4 members (excludes halogenated alkanes) is 1. The standard InChI is InChI=1S/C26H33N3O4.CO2/c1-6-7-13-32-23-15-18(11-12-21(23)31-5)25(30)29-26(3,4)16-33-22-10-8-9-20-24(22)19(27)14-17(2)28-20;2-1-3/h8-12,14-15H,6-7,13,16H2,1-5H3,(H2,27,28)(H,29,30);. The maximum absolute atomic E-state index is 13.0. The van der Waals surface area contributed by atoms with Gasteiger partial charge >= 0.3 is 6.15 Å². The van der Waals surface area contributed by atoms with Crippen molar-refractivity contribution in [1.82, 2.24) is 10.3 Å². The molecule has 0 unspecified atom stereocenters. The second-order valence-corrected chi connectivity index (χ2v) is 8.78. The second kappa shape index (κ2) is 13.1. The fourth-order valence-corrected chi connectivity index (χ4v) is 3.47. The lowest BCUT2D eigenvalue weighted by atomic mass is 10.1. The normalized spacial score (nSPS) is 10.6. The van der Waals surface area contributed by atoms with Crippen LogP contribution < -0.4 is 25.3 Å². The summed E-state index contributed by atoms with van der Waals surface area (Å²) in [5.74, 6) is 1.57. The maximum atomic E-state index is 13.0. The van der Waals surface area contributed by atoms with Crippen molar-refractivity contribution in [3.8, 4) is 17.2 Å². The molecule has 0 spiro atoms. The number of rotatable bonds is 10. The number of ether oxygens (including phenoxy) is 3. The molecule has 0 aliphatic carbocycles. The first kappa shape index (κ1) is 28.1. The second-order valence-electron chi connectivity index (χ2n) is 8.78. The van der Waals surface area contributed by atoms with Gasteiger partial charge in [0, 0.05) is 16.9 Å². The molecular weight excluding hydrogens is 462 g/mol. The van der Waals surface area contributed by atoms with Gasteiger partial charge in [-0.15, -0.1) is 0 Å². The van der Waals surface area contributed by atoms with E-state index in [9.17, 15) is 4.79 Å². The molecule has 36 heavy (non-hydrogen) atoms. The van der Waals surface area contributed by atoms with Crippen molar-refractivity contribution < 1.29 is 28.6 Å². The largest absolute Gasteiger partial charge is 0.493 e. The molecule has 2 aromatic carbocycles. The van der Waals surface area contributed by atoms with Crippen LogP contribution in [0.3, 0.4) is 0 Å². The van der Waals surface area contributed by atoms with Gasteiger partial charge in [-0.25, -0.2) is 0 Å². The molecule has 1 heterocycles. The monoisotopic (exact) mass is 495 g/mol. The Labute approximate surface area is 210 Å². The molecule has 0 saturated heterocycles. The van der Waals surface area contributed by atoms with Crippen LogP contribution in [0.25, 0.3) is 10.9 Å². The van der Waals surface area contributed by atoms with Crippen LogP contribution in [0, 0.1) is 6.92 Å². The highest BCUT2D eigenvalue weighted by Crippen LogP contribution is 2.31. The van der Waals surface area contributed by atoms with E-state index in [4.69, 9.17) is 29.5 Å². The van der Waals surface area contributed by atoms with Crippen molar-refractivity contribution in [2.75, 3.05) is 26.1 Å². The highest BCUT2D eigenvalue weighted by molar-refractivity contribution is 5.96. The Bertz CT molecular complexity index is 1220. The van der Waals surface area contributed by atoms with Crippen LogP contribution >= 0.6 is 0 Å². The number of fused-ring (bicyclic) bond motifs is 1. The molecule has 192 valence electrons. The molecule has 0 radical (unpaired) electrons. The van der Waals surface area contributed by atoms with Crippen LogP contribution in [0.2, 0.25) is 0 Å². The predicted octanol–water partition coefficient (Wildman–Crippen LogP) is 4.32. The van der Waals surface area contributed by atoms with E-state index in [0.29, 0.717) is 35.1 Å². The number of carbonyl (C=O) groups is 1. The summed E-state index contributed by atoms with van der Waals surface area (Å²) < 4.78 is 17.3. The van der Waals surface area contributed by atoms with Gasteiger partial charge in [-0.2, -0.15) is 9.59 Å². The number of nitrogens with zero attached hydrogens (tertiary/aromatic N) is 1. The van der Waals surface area contributed by atoms with Crippen molar-refractivity contribution in [2.45, 2.75) is 46.1 Å². The summed E-state index contributed by atoms with van der Waals surface area (Å²) in [5, 5.41) is 3.81. The molecule has 3 rings (SSSR count). The quantitative estimate of drug-likeness (QED) is 0.398. The molecule has 0 fully saturated rings. The zero-order valence-electron chi connectivity index (χ0n) is 21.3. The number of pyridine rings is 1. The van der Waals surface area contributed by atoms with Crippen molar-refractivity contribution in [1.29, 1.82) is 0 Å². The minimum absolute atomic E-state index is 0.221. The van der Waals surface area contributed by atoms with Crippen LogP contribution in [0.5, 0.6) is 17.2 Å². The highest BCUT2D eigenvalue weighted by atomic mass is 16.5. The lowest BCUT2D eigenvalue weighted by Gasteiger charge is -2.27. The van der Waals surface area contributed by atoms with Gasteiger partial charge in [0.1, 0.15) is 12.4 Å². The number of anilines is 1. The van der Waals surface area contributed by atoms with Crippen molar-refractivity contribution in [3.05, 3.63) is 53.7 Å². The van der Waals surface area contributed by atoms with Gasteiger partial charge in [-0.3, -0.25) is 9.78 Å². The van der Waals surface area contributed by atoms with Crippen LogP contribution in [-0.2, 0) is 9.59 Å². The third kappa shape index (κ3) is 7.71. The maximum Gasteiger partial charge on any atom is 0.373 e. The van der Waals surface area contributed by atoms with E-state index >= 15 is 0 Å². The van der Waals surface area contributed by atoms with Crippen LogP contribution in [0.15, 0.2) is 42.5 Å². The van der Waals surface area contributed by atoms with E-state index in [2.05, 4.69) is 17.2 Å². The van der Waals surface area contributed by atoms with Gasteiger partial charge in [-0.05, 0) is 63.6 Å². The molecule has 0 saturated carbocycles. The molecule has 0 bridgehead atoms. The number of aromatic nitrogens is 1. The average molecular weight is 496 g/mol. The third-order valence-electron chi connectivity index (χ3n) is 5.18. The lowest BCUT2D eigenvalue weighted by Crippen LogP contribution is -2.47. The Balaban J connectivity index is 0.00000145. The molecule has 9 heteroatoms. The van der Waals surface area contributed by atoms with E-state index in [1.54, 1.807) is 25.3 Å². The topological polar surface area (TPSA) is 130 Å². The van der Waals surface area contributed by atoms with Crippen molar-refractivity contribution >= 4 is 28.6 Å². The van der Waals surface area contributed by atoms with Gasteiger partial charge in [0.05, 0.1) is 30.2 Å². The number of nitrogens with one attached hydrogen (secondary N) is 1. The summed E-state index contributed by atoms with van der Waals surface area (Å²) in [7, 11) is 1.58. The van der Waals surface area contributed by atoms with Crippen molar-refractivity contribution in [3.63, 3.8) is 0 Å². The number of nitrogens with two attached hydrogens (primary N) is 1. The number of hydrogen-bond acceptors (Lipinski definition) is 8. The Morgan fingerprint density at radius 2 is 1.81 bits per heavy atom. The molecule has 3 N–H and O–H groups in total. The van der Waals surface area contributed by atoms with Crippen LogP contribution in [0.1, 0.15) is 49.7 Å². The molecule has 3 aromatic rings. The Morgan fingerprint density at radius 1 is 1.08 bits per heavy atom. The summed E-state index contributed by atoms with van der Waals surface area (Å²) >= 11 is 0. The summed E-state index contributed by atoms with van der Waals surface area (Å²) in [5.41, 5.74) is 8.31. The summed E-state index contributed by atoms with van der Waals surface area (Å²) in [6.45, 7) is 8.63. The number of amides is 1. The Morgan fingerprint density at radius 3 is 2.47 bits per heavy atom. The van der Waals surface area contributed by atoms with Crippen molar-refractivity contribution in [2.24, 2.45) is 0 Å². The van der Waals surface area contributed by atoms with Gasteiger partial charge in [0.2, 0.25) is 0 Å². The Hall–Kier alpha value is -4.10. The average Bonchev–Trinajstić information content (AvgIpc) is 2.82. The van der Waals surface area contributed by atoms with E-state index < -0.39 is 5.54 Å². The minimum atomic E-state index is -0.644. The smallest absolute Gasteiger partial charge is 0.373 e. The van der Waals surface area contributed by atoms with E-state index in [0.717, 1.165) is 29.4 Å². The first-order valence-electron chi connectivity index (χ1n) is 11.6. The Kier molecular flexibility index (Phi) is 10.2. The summed E-state index contributed by atoms with van der Waals surface area (Å²) in [6.07, 6.45) is 2.20. The number of carbonyl (C=O) groups excluding carboxylic acids is 3. The van der Waals surface area contributed by atoms with Gasteiger partial charge in [-0.1, -0.05) is 19.4 Å². The molecule has 0 aliphatic rings. The van der Waals surface area contributed by atoms with E-state index in [1.807, 2.05) is 45.0 Å². The SMILES string of the molecule is CCCCOc1cc(C(=O)NC(C)(C)COc2cccc3nc(C)cc(N)c23)ccc1OC.O=C=O. The number of hydrogen-bond donors (Lipinski definition) is 2. The fraction of sp³-hybridized carbons (Fsp3) is 0.370. The van der Waals surface area contributed by atoms with Gasteiger partial charge in [0.15, 0.2) is 11.5 Å². The van der Waals surface area contributed by atoms with Gasteiger partial charge < -0.3 is 25.3 Å². The molecule has 0 aliphatic heterocycles. The van der Waals surface area contributed by atoms with Gasteiger partial charge in [0.25, 0.3) is 5.91 Å². The molecule has 1 amide bonds. The van der Waals surface area contributed by atoms with E-state index in [-0.39, 0.29) is 18.7 Å². The fourth-order valence-electron chi connectivity index (χ4n) is 3.47. The first-order valence-corrected chi connectivity index (χ1v) is 11.6. The zero-order valence-corrected chi connectivity index (χ0v) is 21.3. The number of benzene rings is 2. The predicted molar refractivity (Wildman–Crippen MR) is 136 cm³/mol. The molecule has 9 nitrogen and oxygen atoms in total. The number of methoxy groups -OCH3 is 1. The van der Waals surface area contributed by atoms with Crippen LogP contribution in [-0.4, -0.2) is 42.9 Å². The molecule has 1 aromatic heterocycles. The highest BCUT2D eigenvalue weighted by Gasteiger charge is 2.24. The van der Waals surface area contributed by atoms with Crippen LogP contribution in [0.4, 0.5) is 5.69 Å². The number of nitrogen functional groups attached to an aromatic ring is 1. The third-order valence-corrected chi connectivity index (χ3v) is 5.18. The summed E-state index contributed by atoms with van der Waals surface area (Å²) in [6, 6.07) is 12.6. The minimum Gasteiger partial charge on any atom is -0.493 e. The lowest BCUT2D eigenvalue weighted by molar-refractivity contribution is -0.191. The zero-order chi connectivity index (χ0) is 26.7. The first-order chi connectivity index (χ1) is 17.1. The molecular formula is C27H33N3O6. The summed E-state index contributed by atoms with van der Waals surface area (Å²) in [4.78, 5) is 33.7. The van der Waals surface area contributed by atoms with E-state index in [1.165, 1.54) is 0 Å². The molecule has 0 atom stereocenters.